The van der Waals surface area contributed by atoms with Crippen LogP contribution in [-0.4, -0.2) is 29.5 Å². The van der Waals surface area contributed by atoms with E-state index in [2.05, 4.69) is 18.7 Å². The third-order valence-electron chi connectivity index (χ3n) is 3.11. The van der Waals surface area contributed by atoms with E-state index in [-0.39, 0.29) is 0 Å². The minimum Gasteiger partial charge on any atom is -0.393 e. The zero-order chi connectivity index (χ0) is 10.6. The number of hydrogen-bond acceptors (Lipinski definition) is 2. The summed E-state index contributed by atoms with van der Waals surface area (Å²) in [4.78, 5) is 3.19. The first kappa shape index (κ1) is 11.9. The summed E-state index contributed by atoms with van der Waals surface area (Å²) in [7, 11) is 0. The molecule has 82 valence electrons. The molecule has 0 saturated carbocycles. The summed E-state index contributed by atoms with van der Waals surface area (Å²) < 4.78 is 0. The van der Waals surface area contributed by atoms with E-state index < -0.39 is 0 Å². The number of rotatable bonds is 4. The lowest BCUT2D eigenvalue weighted by molar-refractivity contribution is 0.132. The molecule has 0 amide bonds. The molecule has 2 N–H and O–H groups in total. The van der Waals surface area contributed by atoms with Crippen LogP contribution in [0.1, 0.15) is 39.5 Å². The smallest absolute Gasteiger partial charge is 0.0727 e. The summed E-state index contributed by atoms with van der Waals surface area (Å²) in [5.41, 5.74) is 6.02. The molecule has 0 atom stereocenters. The zero-order valence-electron chi connectivity index (χ0n) is 9.38. The van der Waals surface area contributed by atoms with Gasteiger partial charge in [0.1, 0.15) is 0 Å². The zero-order valence-corrected chi connectivity index (χ0v) is 10.2. The summed E-state index contributed by atoms with van der Waals surface area (Å²) in [6, 6.07) is 0. The van der Waals surface area contributed by atoms with Crippen LogP contribution in [0.15, 0.2) is 0 Å². The molecule has 0 unspecified atom stereocenters. The van der Waals surface area contributed by atoms with E-state index in [1.54, 1.807) is 0 Å². The van der Waals surface area contributed by atoms with E-state index in [1.807, 2.05) is 0 Å². The molecule has 1 aliphatic rings. The van der Waals surface area contributed by atoms with Gasteiger partial charge in [-0.15, -0.1) is 0 Å². The first-order chi connectivity index (χ1) is 6.49. The summed E-state index contributed by atoms with van der Waals surface area (Å²) in [5, 5.41) is 0. The van der Waals surface area contributed by atoms with Gasteiger partial charge in [0.2, 0.25) is 0 Å². The Hall–Kier alpha value is -0.150. The molecule has 1 saturated heterocycles. The van der Waals surface area contributed by atoms with Crippen LogP contribution in [0.2, 0.25) is 0 Å². The lowest BCUT2D eigenvalue weighted by Crippen LogP contribution is -2.37. The minimum absolute atomic E-state index is 0.555. The van der Waals surface area contributed by atoms with Crippen molar-refractivity contribution in [2.45, 2.75) is 39.5 Å². The number of piperidine rings is 1. The SMILES string of the molecule is CC1(C)CCN(CCCC(N)=S)CC1. The van der Waals surface area contributed by atoms with Crippen LogP contribution in [0.25, 0.3) is 0 Å². The fraction of sp³-hybridized carbons (Fsp3) is 0.909. The molecule has 1 rings (SSSR count). The summed E-state index contributed by atoms with van der Waals surface area (Å²) in [6.07, 6.45) is 4.66. The number of nitrogens with two attached hydrogens (primary N) is 1. The lowest BCUT2D eigenvalue weighted by Gasteiger charge is -2.36. The molecule has 1 aliphatic heterocycles. The molecule has 0 aromatic rings. The van der Waals surface area contributed by atoms with Gasteiger partial charge in [0.05, 0.1) is 4.99 Å². The fourth-order valence-electron chi connectivity index (χ4n) is 1.86. The molecule has 0 spiro atoms. The van der Waals surface area contributed by atoms with Gasteiger partial charge in [-0.1, -0.05) is 26.1 Å². The van der Waals surface area contributed by atoms with Crippen molar-refractivity contribution in [1.29, 1.82) is 0 Å². The average Bonchev–Trinajstić information content (AvgIpc) is 2.07. The van der Waals surface area contributed by atoms with E-state index >= 15 is 0 Å². The standard InChI is InChI=1S/C11H22N2S/c1-11(2)5-8-13(9-6-11)7-3-4-10(12)14/h3-9H2,1-2H3,(H2,12,14). The van der Waals surface area contributed by atoms with Gasteiger partial charge < -0.3 is 10.6 Å². The molecule has 1 heterocycles. The van der Waals surface area contributed by atoms with E-state index in [0.29, 0.717) is 10.4 Å². The second-order valence-electron chi connectivity index (χ2n) is 5.08. The molecular formula is C11H22N2S. The number of thiocarbonyl (C=S) groups is 1. The van der Waals surface area contributed by atoms with Gasteiger partial charge >= 0.3 is 0 Å². The highest BCUT2D eigenvalue weighted by atomic mass is 32.1. The summed E-state index contributed by atoms with van der Waals surface area (Å²) in [5.74, 6) is 0. The van der Waals surface area contributed by atoms with Crippen LogP contribution in [-0.2, 0) is 0 Å². The van der Waals surface area contributed by atoms with Gasteiger partial charge in [0.25, 0.3) is 0 Å². The van der Waals surface area contributed by atoms with Gasteiger partial charge in [0, 0.05) is 0 Å². The molecule has 14 heavy (non-hydrogen) atoms. The van der Waals surface area contributed by atoms with Gasteiger partial charge in [-0.05, 0) is 50.7 Å². The first-order valence-corrected chi connectivity index (χ1v) is 5.91. The van der Waals surface area contributed by atoms with Crippen molar-refractivity contribution in [2.75, 3.05) is 19.6 Å². The number of likely N-dealkylation sites (tertiary alicyclic amines) is 1. The van der Waals surface area contributed by atoms with Crippen LogP contribution < -0.4 is 5.73 Å². The first-order valence-electron chi connectivity index (χ1n) is 5.50. The molecule has 0 aromatic carbocycles. The predicted octanol–water partition coefficient (Wildman–Crippen LogP) is 2.17. The fourth-order valence-corrected chi connectivity index (χ4v) is 2.00. The van der Waals surface area contributed by atoms with E-state index in [0.717, 1.165) is 19.4 Å². The minimum atomic E-state index is 0.555. The van der Waals surface area contributed by atoms with E-state index in [9.17, 15) is 0 Å². The summed E-state index contributed by atoms with van der Waals surface area (Å²) >= 11 is 4.86. The van der Waals surface area contributed by atoms with Crippen molar-refractivity contribution in [2.24, 2.45) is 11.1 Å². The Morgan fingerprint density at radius 1 is 1.36 bits per heavy atom. The maximum atomic E-state index is 5.46. The van der Waals surface area contributed by atoms with Crippen molar-refractivity contribution in [1.82, 2.24) is 4.90 Å². The van der Waals surface area contributed by atoms with Crippen LogP contribution in [0.5, 0.6) is 0 Å². The van der Waals surface area contributed by atoms with Gasteiger partial charge in [0.15, 0.2) is 0 Å². The van der Waals surface area contributed by atoms with E-state index in [1.165, 1.54) is 25.9 Å². The second kappa shape index (κ2) is 5.08. The number of nitrogens with zero attached hydrogens (tertiary/aromatic N) is 1. The topological polar surface area (TPSA) is 29.3 Å². The largest absolute Gasteiger partial charge is 0.393 e. The molecule has 0 aliphatic carbocycles. The third-order valence-corrected chi connectivity index (χ3v) is 3.31. The Labute approximate surface area is 92.8 Å². The highest BCUT2D eigenvalue weighted by Crippen LogP contribution is 2.29. The summed E-state index contributed by atoms with van der Waals surface area (Å²) in [6.45, 7) is 8.36. The molecule has 2 nitrogen and oxygen atoms in total. The lowest BCUT2D eigenvalue weighted by atomic mass is 9.82. The Morgan fingerprint density at radius 2 is 1.93 bits per heavy atom. The Balaban J connectivity index is 2.13. The van der Waals surface area contributed by atoms with Crippen molar-refractivity contribution < 1.29 is 0 Å². The molecule has 0 aromatic heterocycles. The maximum absolute atomic E-state index is 5.46. The second-order valence-corrected chi connectivity index (χ2v) is 5.60. The van der Waals surface area contributed by atoms with Crippen molar-refractivity contribution in [3.8, 4) is 0 Å². The van der Waals surface area contributed by atoms with Gasteiger partial charge in [-0.2, -0.15) is 0 Å². The Bertz CT molecular complexity index is 191. The van der Waals surface area contributed by atoms with Crippen molar-refractivity contribution in [3.63, 3.8) is 0 Å². The highest BCUT2D eigenvalue weighted by Gasteiger charge is 2.24. The predicted molar refractivity (Wildman–Crippen MR) is 65.5 cm³/mol. The molecule has 1 fully saturated rings. The number of hydrogen-bond donors (Lipinski definition) is 1. The van der Waals surface area contributed by atoms with Crippen LogP contribution in [0.4, 0.5) is 0 Å². The highest BCUT2D eigenvalue weighted by molar-refractivity contribution is 7.80. The maximum Gasteiger partial charge on any atom is 0.0727 e. The molecule has 3 heteroatoms. The van der Waals surface area contributed by atoms with Gasteiger partial charge in [-0.3, -0.25) is 0 Å². The normalized spacial score (nSPS) is 22.1. The molecule has 0 radical (unpaired) electrons. The monoisotopic (exact) mass is 214 g/mol. The average molecular weight is 214 g/mol. The molecule has 0 bridgehead atoms. The quantitative estimate of drug-likeness (QED) is 0.727. The van der Waals surface area contributed by atoms with Crippen LogP contribution >= 0.6 is 12.2 Å². The van der Waals surface area contributed by atoms with Crippen molar-refractivity contribution >= 4 is 17.2 Å². The third kappa shape index (κ3) is 4.38. The van der Waals surface area contributed by atoms with E-state index in [4.69, 9.17) is 18.0 Å². The van der Waals surface area contributed by atoms with Crippen LogP contribution in [0, 0.1) is 5.41 Å². The van der Waals surface area contributed by atoms with Gasteiger partial charge in [-0.25, -0.2) is 0 Å². The van der Waals surface area contributed by atoms with Crippen molar-refractivity contribution in [3.05, 3.63) is 0 Å². The van der Waals surface area contributed by atoms with Crippen LogP contribution in [0.3, 0.4) is 0 Å². The Kier molecular flexibility index (Phi) is 4.32. The molecular weight excluding hydrogens is 192 g/mol. The Morgan fingerprint density at radius 3 is 2.43 bits per heavy atom.